The molecule has 144 valence electrons. The lowest BCUT2D eigenvalue weighted by molar-refractivity contribution is 0.178. The molecule has 0 atom stereocenters. The van der Waals surface area contributed by atoms with Gasteiger partial charge in [0.25, 0.3) is 0 Å². The van der Waals surface area contributed by atoms with E-state index in [-0.39, 0.29) is 10.5 Å². The molecule has 1 saturated heterocycles. The predicted octanol–water partition coefficient (Wildman–Crippen LogP) is 2.78. The van der Waals surface area contributed by atoms with Gasteiger partial charge in [0.15, 0.2) is 5.76 Å². The summed E-state index contributed by atoms with van der Waals surface area (Å²) in [7, 11) is -3.68. The van der Waals surface area contributed by atoms with Gasteiger partial charge in [0.05, 0.1) is 21.0 Å². The molecule has 3 heterocycles. The molecule has 3 aromatic rings. The lowest BCUT2D eigenvalue weighted by Gasteiger charge is -2.33. The van der Waals surface area contributed by atoms with Crippen LogP contribution in [-0.4, -0.2) is 49.0 Å². The molecule has 1 aliphatic rings. The average Bonchev–Trinajstić information content (AvgIpc) is 3.40. The average molecular weight is 415 g/mol. The van der Waals surface area contributed by atoms with Crippen LogP contribution in [0.1, 0.15) is 11.3 Å². The van der Waals surface area contributed by atoms with E-state index in [2.05, 4.69) is 10.1 Å². The van der Waals surface area contributed by atoms with Crippen molar-refractivity contribution in [3.8, 4) is 16.7 Å². The first-order chi connectivity index (χ1) is 13.6. The van der Waals surface area contributed by atoms with Gasteiger partial charge in [-0.25, -0.2) is 8.42 Å². The van der Waals surface area contributed by atoms with Gasteiger partial charge in [-0.15, -0.1) is 11.3 Å². The van der Waals surface area contributed by atoms with E-state index in [4.69, 9.17) is 4.52 Å². The maximum absolute atomic E-state index is 12.9. The second-order valence-corrected chi connectivity index (χ2v) is 9.30. The zero-order chi connectivity index (χ0) is 19.6. The minimum absolute atomic E-state index is 0.0723. The van der Waals surface area contributed by atoms with Crippen LogP contribution in [0, 0.1) is 11.3 Å². The molecule has 0 unspecified atom stereocenters. The first-order valence-electron chi connectivity index (χ1n) is 8.79. The third-order valence-electron chi connectivity index (χ3n) is 4.67. The molecule has 4 rings (SSSR count). The number of nitrogens with zero attached hydrogens (tertiary/aromatic N) is 4. The molecular weight excluding hydrogens is 396 g/mol. The maximum Gasteiger partial charge on any atom is 0.244 e. The van der Waals surface area contributed by atoms with Crippen LogP contribution in [0.15, 0.2) is 57.3 Å². The van der Waals surface area contributed by atoms with Crippen LogP contribution in [0.3, 0.4) is 0 Å². The van der Waals surface area contributed by atoms with Crippen LogP contribution < -0.4 is 0 Å². The van der Waals surface area contributed by atoms with Crippen molar-refractivity contribution in [3.63, 3.8) is 0 Å². The standard InChI is InChI=1S/C19H18N4O3S2/c20-13-15-4-1-2-6-19(15)28(24,25)23-9-7-22(8-10-23)14-16-12-17(26-21-16)18-5-3-11-27-18/h1-6,11-12H,7-10,14H2. The molecule has 28 heavy (non-hydrogen) atoms. The van der Waals surface area contributed by atoms with Gasteiger partial charge < -0.3 is 4.52 Å². The quantitative estimate of drug-likeness (QED) is 0.638. The topological polar surface area (TPSA) is 90.4 Å². The van der Waals surface area contributed by atoms with E-state index in [1.165, 1.54) is 16.4 Å². The highest BCUT2D eigenvalue weighted by atomic mass is 32.2. The molecule has 0 spiro atoms. The SMILES string of the molecule is N#Cc1ccccc1S(=O)(=O)N1CCN(Cc2cc(-c3cccs3)on2)CC1. The molecular formula is C19H18N4O3S2. The molecule has 1 aromatic carbocycles. The van der Waals surface area contributed by atoms with E-state index in [0.717, 1.165) is 16.3 Å². The van der Waals surface area contributed by atoms with E-state index in [9.17, 15) is 13.7 Å². The fraction of sp³-hybridized carbons (Fsp3) is 0.263. The molecule has 0 N–H and O–H groups in total. The fourth-order valence-electron chi connectivity index (χ4n) is 3.20. The van der Waals surface area contributed by atoms with Crippen LogP contribution in [0.2, 0.25) is 0 Å². The van der Waals surface area contributed by atoms with Gasteiger partial charge in [-0.05, 0) is 23.6 Å². The molecule has 0 radical (unpaired) electrons. The number of rotatable bonds is 5. The number of aromatic nitrogens is 1. The Morgan fingerprint density at radius 2 is 1.93 bits per heavy atom. The first kappa shape index (κ1) is 18.8. The largest absolute Gasteiger partial charge is 0.355 e. The van der Waals surface area contributed by atoms with Crippen molar-refractivity contribution in [3.05, 3.63) is 59.1 Å². The van der Waals surface area contributed by atoms with Crippen molar-refractivity contribution in [2.45, 2.75) is 11.4 Å². The summed E-state index contributed by atoms with van der Waals surface area (Å²) in [4.78, 5) is 3.26. The zero-order valence-corrected chi connectivity index (χ0v) is 16.6. The number of piperazine rings is 1. The van der Waals surface area contributed by atoms with Crippen molar-refractivity contribution in [1.82, 2.24) is 14.4 Å². The number of thiophene rings is 1. The summed E-state index contributed by atoms with van der Waals surface area (Å²) in [6.45, 7) is 2.54. The number of benzene rings is 1. The highest BCUT2D eigenvalue weighted by molar-refractivity contribution is 7.89. The molecule has 1 fully saturated rings. The molecule has 1 aliphatic heterocycles. The fourth-order valence-corrected chi connectivity index (χ4v) is 5.44. The van der Waals surface area contributed by atoms with Crippen molar-refractivity contribution in [2.24, 2.45) is 0 Å². The molecule has 9 heteroatoms. The smallest absolute Gasteiger partial charge is 0.244 e. The molecule has 0 aliphatic carbocycles. The van der Waals surface area contributed by atoms with E-state index < -0.39 is 10.0 Å². The summed E-state index contributed by atoms with van der Waals surface area (Å²) in [5.41, 5.74) is 1.00. The van der Waals surface area contributed by atoms with Crippen LogP contribution in [0.25, 0.3) is 10.6 Å². The van der Waals surface area contributed by atoms with Gasteiger partial charge in [0.2, 0.25) is 10.0 Å². The van der Waals surface area contributed by atoms with E-state index in [0.29, 0.717) is 32.7 Å². The second-order valence-electron chi connectivity index (χ2n) is 6.45. The predicted molar refractivity (Wildman–Crippen MR) is 105 cm³/mol. The minimum atomic E-state index is -3.68. The van der Waals surface area contributed by atoms with Crippen molar-refractivity contribution in [1.29, 1.82) is 5.26 Å². The Hall–Kier alpha value is -2.51. The number of sulfonamides is 1. The van der Waals surface area contributed by atoms with Gasteiger partial charge in [-0.1, -0.05) is 23.4 Å². The molecule has 0 saturated carbocycles. The van der Waals surface area contributed by atoms with Gasteiger partial charge in [0, 0.05) is 38.8 Å². The molecule has 0 amide bonds. The lowest BCUT2D eigenvalue weighted by atomic mass is 10.2. The Labute approximate surface area is 167 Å². The van der Waals surface area contributed by atoms with Crippen molar-refractivity contribution >= 4 is 21.4 Å². The first-order valence-corrected chi connectivity index (χ1v) is 11.1. The summed E-state index contributed by atoms with van der Waals surface area (Å²) in [5.74, 6) is 0.749. The Morgan fingerprint density at radius 1 is 1.14 bits per heavy atom. The van der Waals surface area contributed by atoms with Crippen LogP contribution in [-0.2, 0) is 16.6 Å². The number of hydrogen-bond donors (Lipinski definition) is 0. The van der Waals surface area contributed by atoms with Crippen LogP contribution in [0.5, 0.6) is 0 Å². The third kappa shape index (κ3) is 3.72. The Bertz CT molecular complexity index is 1090. The van der Waals surface area contributed by atoms with Crippen LogP contribution >= 0.6 is 11.3 Å². The van der Waals surface area contributed by atoms with E-state index >= 15 is 0 Å². The highest BCUT2D eigenvalue weighted by Crippen LogP contribution is 2.26. The summed E-state index contributed by atoms with van der Waals surface area (Å²) >= 11 is 1.60. The van der Waals surface area contributed by atoms with Crippen molar-refractivity contribution in [2.75, 3.05) is 26.2 Å². The van der Waals surface area contributed by atoms with E-state index in [1.54, 1.807) is 23.5 Å². The summed E-state index contributed by atoms with van der Waals surface area (Å²) < 4.78 is 32.6. The van der Waals surface area contributed by atoms with Gasteiger partial charge in [-0.2, -0.15) is 9.57 Å². The monoisotopic (exact) mass is 414 g/mol. The minimum Gasteiger partial charge on any atom is -0.355 e. The Morgan fingerprint density at radius 3 is 2.64 bits per heavy atom. The highest BCUT2D eigenvalue weighted by Gasteiger charge is 2.30. The van der Waals surface area contributed by atoms with Crippen LogP contribution in [0.4, 0.5) is 0 Å². The molecule has 0 bridgehead atoms. The molecule has 2 aromatic heterocycles. The summed E-state index contributed by atoms with van der Waals surface area (Å²) in [6.07, 6.45) is 0. The van der Waals surface area contributed by atoms with Crippen molar-refractivity contribution < 1.29 is 12.9 Å². The van der Waals surface area contributed by atoms with Gasteiger partial charge in [0.1, 0.15) is 6.07 Å². The number of hydrogen-bond acceptors (Lipinski definition) is 7. The summed E-state index contributed by atoms with van der Waals surface area (Å²) in [6, 6.07) is 14.2. The normalized spacial score (nSPS) is 16.1. The molecule has 7 nitrogen and oxygen atoms in total. The lowest BCUT2D eigenvalue weighted by Crippen LogP contribution is -2.48. The summed E-state index contributed by atoms with van der Waals surface area (Å²) in [5, 5.41) is 15.3. The maximum atomic E-state index is 12.9. The second kappa shape index (κ2) is 7.85. The van der Waals surface area contributed by atoms with E-state index in [1.807, 2.05) is 29.6 Å². The zero-order valence-electron chi connectivity index (χ0n) is 15.0. The Balaban J connectivity index is 1.40. The van der Waals surface area contributed by atoms with Gasteiger partial charge >= 0.3 is 0 Å². The Kier molecular flexibility index (Phi) is 5.28. The third-order valence-corrected chi connectivity index (χ3v) is 7.51. The number of nitriles is 1. The van der Waals surface area contributed by atoms with Gasteiger partial charge in [-0.3, -0.25) is 4.90 Å².